The summed E-state index contributed by atoms with van der Waals surface area (Å²) in [6.45, 7) is 2.01. The molecule has 0 spiro atoms. The van der Waals surface area contributed by atoms with Crippen LogP contribution in [0.25, 0.3) is 22.3 Å². The van der Waals surface area contributed by atoms with E-state index >= 15 is 0 Å². The van der Waals surface area contributed by atoms with E-state index in [2.05, 4.69) is 25.3 Å². The maximum atomic E-state index is 5.86. The highest BCUT2D eigenvalue weighted by Crippen LogP contribution is 2.27. The van der Waals surface area contributed by atoms with E-state index in [4.69, 9.17) is 5.73 Å². The number of anilines is 3. The molecule has 0 aliphatic heterocycles. The average Bonchev–Trinajstić information content (AvgIpc) is 3.03. The molecule has 0 aliphatic rings. The number of benzene rings is 1. The number of rotatable bonds is 3. The molecule has 4 N–H and O–H groups in total. The van der Waals surface area contributed by atoms with Crippen LogP contribution >= 0.6 is 0 Å². The highest BCUT2D eigenvalue weighted by atomic mass is 15.1. The SMILES string of the molecule is Cc1ccc(N)cc1Nc1nccc(-c2c[nH]c3ncccc23)n1. The first-order valence-corrected chi connectivity index (χ1v) is 7.59. The Morgan fingerprint density at radius 1 is 1.08 bits per heavy atom. The highest BCUT2D eigenvalue weighted by molar-refractivity contribution is 5.92. The zero-order valence-corrected chi connectivity index (χ0v) is 13.1. The lowest BCUT2D eigenvalue weighted by Gasteiger charge is -2.09. The Bertz CT molecular complexity index is 1020. The van der Waals surface area contributed by atoms with Crippen molar-refractivity contribution < 1.29 is 0 Å². The molecule has 0 saturated heterocycles. The summed E-state index contributed by atoms with van der Waals surface area (Å²) in [4.78, 5) is 16.4. The largest absolute Gasteiger partial charge is 0.399 e. The van der Waals surface area contributed by atoms with Crippen molar-refractivity contribution in [3.63, 3.8) is 0 Å². The van der Waals surface area contributed by atoms with Gasteiger partial charge in [0, 0.05) is 40.9 Å². The minimum absolute atomic E-state index is 0.527. The molecule has 0 bridgehead atoms. The van der Waals surface area contributed by atoms with Gasteiger partial charge in [-0.2, -0.15) is 0 Å². The predicted molar refractivity (Wildman–Crippen MR) is 96.0 cm³/mol. The molecule has 6 heteroatoms. The number of hydrogen-bond acceptors (Lipinski definition) is 5. The van der Waals surface area contributed by atoms with Gasteiger partial charge in [-0.3, -0.25) is 0 Å². The zero-order valence-electron chi connectivity index (χ0n) is 13.1. The van der Waals surface area contributed by atoms with Crippen molar-refractivity contribution in [1.29, 1.82) is 0 Å². The van der Waals surface area contributed by atoms with Crippen molar-refractivity contribution in [2.24, 2.45) is 0 Å². The molecule has 118 valence electrons. The normalized spacial score (nSPS) is 10.9. The van der Waals surface area contributed by atoms with Crippen molar-refractivity contribution in [1.82, 2.24) is 19.9 Å². The van der Waals surface area contributed by atoms with E-state index in [1.807, 2.05) is 49.5 Å². The van der Waals surface area contributed by atoms with Crippen LogP contribution in [0.2, 0.25) is 0 Å². The first-order chi connectivity index (χ1) is 11.7. The van der Waals surface area contributed by atoms with Gasteiger partial charge in [0.25, 0.3) is 0 Å². The molecule has 4 aromatic rings. The fourth-order valence-corrected chi connectivity index (χ4v) is 2.63. The highest BCUT2D eigenvalue weighted by Gasteiger charge is 2.09. The van der Waals surface area contributed by atoms with Crippen molar-refractivity contribution in [2.75, 3.05) is 11.1 Å². The molecule has 24 heavy (non-hydrogen) atoms. The van der Waals surface area contributed by atoms with E-state index < -0.39 is 0 Å². The number of nitrogens with two attached hydrogens (primary N) is 1. The Morgan fingerprint density at radius 3 is 2.92 bits per heavy atom. The van der Waals surface area contributed by atoms with Gasteiger partial charge < -0.3 is 16.0 Å². The van der Waals surface area contributed by atoms with Gasteiger partial charge in [0.1, 0.15) is 5.65 Å². The van der Waals surface area contributed by atoms with E-state index in [1.54, 1.807) is 12.4 Å². The molecule has 4 rings (SSSR count). The quantitative estimate of drug-likeness (QED) is 0.502. The zero-order chi connectivity index (χ0) is 16.5. The fourth-order valence-electron chi connectivity index (χ4n) is 2.63. The number of aryl methyl sites for hydroxylation is 1. The van der Waals surface area contributed by atoms with E-state index in [0.29, 0.717) is 11.6 Å². The molecule has 0 amide bonds. The van der Waals surface area contributed by atoms with Crippen molar-refractivity contribution in [3.8, 4) is 11.3 Å². The molecule has 3 aromatic heterocycles. The average molecular weight is 316 g/mol. The van der Waals surface area contributed by atoms with Crippen LogP contribution in [0.3, 0.4) is 0 Å². The molecule has 6 nitrogen and oxygen atoms in total. The van der Waals surface area contributed by atoms with Crippen LogP contribution in [0.4, 0.5) is 17.3 Å². The minimum Gasteiger partial charge on any atom is -0.399 e. The number of nitrogens with zero attached hydrogens (tertiary/aromatic N) is 3. The number of aromatic amines is 1. The predicted octanol–water partition coefficient (Wildman–Crippen LogP) is 3.65. The topological polar surface area (TPSA) is 92.5 Å². The van der Waals surface area contributed by atoms with Gasteiger partial charge in [0.05, 0.1) is 5.69 Å². The number of nitrogen functional groups attached to an aromatic ring is 1. The maximum absolute atomic E-state index is 5.86. The fraction of sp³-hybridized carbons (Fsp3) is 0.0556. The lowest BCUT2D eigenvalue weighted by Crippen LogP contribution is -2.00. The Morgan fingerprint density at radius 2 is 2.00 bits per heavy atom. The van der Waals surface area contributed by atoms with Gasteiger partial charge in [0.15, 0.2) is 0 Å². The van der Waals surface area contributed by atoms with Gasteiger partial charge >= 0.3 is 0 Å². The van der Waals surface area contributed by atoms with Crippen molar-refractivity contribution in [3.05, 3.63) is 60.6 Å². The van der Waals surface area contributed by atoms with Gasteiger partial charge in [-0.1, -0.05) is 6.07 Å². The van der Waals surface area contributed by atoms with E-state index in [9.17, 15) is 0 Å². The third-order valence-corrected chi connectivity index (χ3v) is 3.89. The van der Waals surface area contributed by atoms with Crippen LogP contribution in [0.1, 0.15) is 5.56 Å². The number of fused-ring (bicyclic) bond motifs is 1. The number of H-pyrrole nitrogens is 1. The summed E-state index contributed by atoms with van der Waals surface area (Å²) < 4.78 is 0. The summed E-state index contributed by atoms with van der Waals surface area (Å²) in [5, 5.41) is 4.27. The second-order valence-corrected chi connectivity index (χ2v) is 5.57. The van der Waals surface area contributed by atoms with Crippen molar-refractivity contribution >= 4 is 28.4 Å². The molecule has 1 aromatic carbocycles. The van der Waals surface area contributed by atoms with Crippen LogP contribution in [0, 0.1) is 6.92 Å². The van der Waals surface area contributed by atoms with E-state index in [-0.39, 0.29) is 0 Å². The second kappa shape index (κ2) is 5.66. The van der Waals surface area contributed by atoms with E-state index in [0.717, 1.165) is 33.5 Å². The summed E-state index contributed by atoms with van der Waals surface area (Å²) in [6, 6.07) is 11.5. The van der Waals surface area contributed by atoms with Crippen LogP contribution in [-0.4, -0.2) is 19.9 Å². The summed E-state index contributed by atoms with van der Waals surface area (Å²) in [5.41, 5.74) is 11.2. The summed E-state index contributed by atoms with van der Waals surface area (Å²) >= 11 is 0. The smallest absolute Gasteiger partial charge is 0.227 e. The molecule has 0 unspecified atom stereocenters. The monoisotopic (exact) mass is 316 g/mol. The summed E-state index contributed by atoms with van der Waals surface area (Å²) in [6.07, 6.45) is 5.41. The third-order valence-electron chi connectivity index (χ3n) is 3.89. The molecule has 3 heterocycles. The molecular formula is C18H16N6. The molecule has 0 aliphatic carbocycles. The number of nitrogens with one attached hydrogen (secondary N) is 2. The lowest BCUT2D eigenvalue weighted by molar-refractivity contribution is 1.17. The maximum Gasteiger partial charge on any atom is 0.227 e. The Hall–Kier alpha value is -3.41. The van der Waals surface area contributed by atoms with Crippen LogP contribution in [0.15, 0.2) is 55.0 Å². The first kappa shape index (κ1) is 14.2. The number of hydrogen-bond donors (Lipinski definition) is 3. The molecule has 0 fully saturated rings. The van der Waals surface area contributed by atoms with Gasteiger partial charge in [-0.05, 0) is 42.8 Å². The van der Waals surface area contributed by atoms with Gasteiger partial charge in [-0.15, -0.1) is 0 Å². The van der Waals surface area contributed by atoms with Crippen LogP contribution in [-0.2, 0) is 0 Å². The number of aromatic nitrogens is 4. The molecule has 0 saturated carbocycles. The van der Waals surface area contributed by atoms with Crippen molar-refractivity contribution in [2.45, 2.75) is 6.92 Å². The molecular weight excluding hydrogens is 300 g/mol. The van der Waals surface area contributed by atoms with E-state index in [1.165, 1.54) is 0 Å². The molecule has 0 radical (unpaired) electrons. The van der Waals surface area contributed by atoms with Crippen LogP contribution < -0.4 is 11.1 Å². The summed E-state index contributed by atoms with van der Waals surface area (Å²) in [5.74, 6) is 0.527. The Labute approximate surface area is 138 Å². The summed E-state index contributed by atoms with van der Waals surface area (Å²) in [7, 11) is 0. The molecule has 0 atom stereocenters. The minimum atomic E-state index is 0.527. The Balaban J connectivity index is 1.73. The standard InChI is InChI=1S/C18H16N6/c1-11-4-5-12(19)9-16(11)24-18-21-8-6-15(23-18)14-10-22-17-13(14)3-2-7-20-17/h2-10H,19H2,1H3,(H,20,22)(H,21,23,24). The first-order valence-electron chi connectivity index (χ1n) is 7.59. The third kappa shape index (κ3) is 2.54. The second-order valence-electron chi connectivity index (χ2n) is 5.57. The van der Waals surface area contributed by atoms with Gasteiger partial charge in [0.2, 0.25) is 5.95 Å². The Kier molecular flexibility index (Phi) is 3.35. The van der Waals surface area contributed by atoms with Gasteiger partial charge in [-0.25, -0.2) is 15.0 Å². The van der Waals surface area contributed by atoms with Crippen LogP contribution in [0.5, 0.6) is 0 Å². The lowest BCUT2D eigenvalue weighted by atomic mass is 10.1. The number of pyridine rings is 1.